The summed E-state index contributed by atoms with van der Waals surface area (Å²) in [6, 6.07) is -0.898. The van der Waals surface area contributed by atoms with E-state index in [1.807, 2.05) is 0 Å². The fourth-order valence-electron chi connectivity index (χ4n) is 2.52. The molecule has 0 bridgehead atoms. The number of rotatable bonds is 7. The van der Waals surface area contributed by atoms with E-state index < -0.39 is 55.6 Å². The molecule has 1 aliphatic rings. The van der Waals surface area contributed by atoms with Crippen molar-refractivity contribution in [2.24, 2.45) is 5.11 Å². The third kappa shape index (κ3) is 5.27. The Kier molecular flexibility index (Phi) is 7.66. The van der Waals surface area contributed by atoms with E-state index in [1.54, 1.807) is 0 Å². The average Bonchev–Trinajstić information content (AvgIpc) is 2.92. The van der Waals surface area contributed by atoms with Gasteiger partial charge in [0.1, 0.15) is 6.23 Å². The van der Waals surface area contributed by atoms with E-state index in [4.69, 9.17) is 29.9 Å². The molecule has 7 N–H and O–H groups in total. The van der Waals surface area contributed by atoms with Gasteiger partial charge in [-0.2, -0.15) is 0 Å². The molecule has 16 heteroatoms. The summed E-state index contributed by atoms with van der Waals surface area (Å²) >= 11 is 0. The number of hydrogen-bond acceptors (Lipinski definition) is 8. The summed E-state index contributed by atoms with van der Waals surface area (Å²) in [5.41, 5.74) is 7.54. The fourth-order valence-corrected chi connectivity index (χ4v) is 3.09. The van der Waals surface area contributed by atoms with Gasteiger partial charge in [-0.05, 0) is 12.5 Å². The highest BCUT2D eigenvalue weighted by molar-refractivity contribution is 7.53. The van der Waals surface area contributed by atoms with E-state index in [-0.39, 0.29) is 18.1 Å². The predicted molar refractivity (Wildman–Crippen MR) is 92.0 cm³/mol. The van der Waals surface area contributed by atoms with Crippen molar-refractivity contribution in [3.05, 3.63) is 43.0 Å². The topological polar surface area (TPSA) is 252 Å². The van der Waals surface area contributed by atoms with Crippen LogP contribution in [-0.4, -0.2) is 55.0 Å². The number of azide groups is 1. The summed E-state index contributed by atoms with van der Waals surface area (Å²) in [5, 5.41) is 12.3. The average molecular weight is 422 g/mol. The zero-order valence-corrected chi connectivity index (χ0v) is 15.4. The SMILES string of the molecule is Cc1cn([C@H]2C[C@H](N=[N+]=[N-])[C@@H](COC(C(=O)O)P(=O)(O)O)O2)c(=O)[nH]c1=O.N. The maximum absolute atomic E-state index is 11.9. The molecule has 0 aromatic carbocycles. The van der Waals surface area contributed by atoms with Crippen molar-refractivity contribution < 1.29 is 33.7 Å². The molecule has 1 aromatic heterocycles. The summed E-state index contributed by atoms with van der Waals surface area (Å²) in [5.74, 6) is -4.28. The van der Waals surface area contributed by atoms with Crippen LogP contribution in [0.2, 0.25) is 0 Å². The van der Waals surface area contributed by atoms with Gasteiger partial charge in [0, 0.05) is 23.1 Å². The van der Waals surface area contributed by atoms with E-state index in [2.05, 4.69) is 15.0 Å². The molecule has 1 fully saturated rings. The van der Waals surface area contributed by atoms with Crippen LogP contribution < -0.4 is 17.4 Å². The number of ether oxygens (including phenoxy) is 2. The molecule has 1 unspecified atom stereocenters. The summed E-state index contributed by atoms with van der Waals surface area (Å²) in [7, 11) is -5.09. The standard InChI is InChI=1S/C12H16N5O9P.H3N/c1-5-3-17(12(21)14-9(5)18)8-2-6(15-16-13)7(26-8)4-25-11(10(19)20)27(22,23)24;/h3,6-8,11H,2,4H2,1H3,(H,19,20)(H,14,18,21)(H2,22,23,24);1H3/t6-,7+,8+,11?;/m0./s1. The summed E-state index contributed by atoms with van der Waals surface area (Å²) in [6.45, 7) is 0.853. The van der Waals surface area contributed by atoms with Crippen LogP contribution in [0.15, 0.2) is 20.9 Å². The fraction of sp³-hybridized carbons (Fsp3) is 0.583. The van der Waals surface area contributed by atoms with Crippen LogP contribution in [0.1, 0.15) is 18.2 Å². The van der Waals surface area contributed by atoms with E-state index in [9.17, 15) is 18.9 Å². The first-order chi connectivity index (χ1) is 12.5. The monoisotopic (exact) mass is 422 g/mol. The van der Waals surface area contributed by atoms with Crippen molar-refractivity contribution in [2.75, 3.05) is 6.61 Å². The Bertz CT molecular complexity index is 932. The minimum atomic E-state index is -5.09. The number of carbonyl (C=O) groups is 1. The number of nitrogens with one attached hydrogen (secondary N) is 1. The second-order valence-electron chi connectivity index (χ2n) is 5.73. The predicted octanol–water partition coefficient (Wildman–Crippen LogP) is -0.422. The number of H-pyrrole nitrogens is 1. The molecule has 0 radical (unpaired) electrons. The van der Waals surface area contributed by atoms with E-state index in [0.29, 0.717) is 0 Å². The quantitative estimate of drug-likeness (QED) is 0.164. The molecule has 15 nitrogen and oxygen atoms in total. The Hall–Kier alpha value is -2.51. The van der Waals surface area contributed by atoms with Crippen molar-refractivity contribution in [3.8, 4) is 0 Å². The Morgan fingerprint density at radius 2 is 2.21 bits per heavy atom. The molecular formula is C12H19N6O9P. The zero-order valence-electron chi connectivity index (χ0n) is 14.5. The molecular weight excluding hydrogens is 403 g/mol. The normalized spacial score (nSPS) is 22.8. The largest absolute Gasteiger partial charge is 0.479 e. The van der Waals surface area contributed by atoms with Crippen LogP contribution in [0.5, 0.6) is 0 Å². The van der Waals surface area contributed by atoms with Gasteiger partial charge in [0.2, 0.25) is 0 Å². The Labute approximate surface area is 156 Å². The molecule has 2 rings (SSSR count). The highest BCUT2D eigenvalue weighted by atomic mass is 31.2. The number of aromatic amines is 1. The molecule has 28 heavy (non-hydrogen) atoms. The molecule has 0 aliphatic carbocycles. The van der Waals surface area contributed by atoms with Crippen molar-refractivity contribution >= 4 is 13.6 Å². The molecule has 1 saturated heterocycles. The smallest absolute Gasteiger partial charge is 0.365 e. The van der Waals surface area contributed by atoms with Gasteiger partial charge in [-0.25, -0.2) is 9.59 Å². The van der Waals surface area contributed by atoms with Crippen LogP contribution in [0.25, 0.3) is 10.4 Å². The lowest BCUT2D eigenvalue weighted by Gasteiger charge is -2.20. The molecule has 156 valence electrons. The lowest BCUT2D eigenvalue weighted by molar-refractivity contribution is -0.148. The minimum absolute atomic E-state index is 0. The Balaban J connectivity index is 0.00000392. The number of carboxylic acids is 1. The first-order valence-corrected chi connectivity index (χ1v) is 9.14. The summed E-state index contributed by atoms with van der Waals surface area (Å²) < 4.78 is 22.5. The second-order valence-corrected chi connectivity index (χ2v) is 7.38. The maximum Gasteiger partial charge on any atom is 0.365 e. The van der Waals surface area contributed by atoms with Gasteiger partial charge >= 0.3 is 19.3 Å². The molecule has 1 aromatic rings. The molecule has 0 saturated carbocycles. The molecule has 2 heterocycles. The Morgan fingerprint density at radius 1 is 1.57 bits per heavy atom. The third-order valence-corrected chi connectivity index (χ3v) is 4.78. The molecule has 0 amide bonds. The second kappa shape index (κ2) is 9.12. The van der Waals surface area contributed by atoms with Gasteiger partial charge in [-0.15, -0.1) is 0 Å². The minimum Gasteiger partial charge on any atom is -0.479 e. The summed E-state index contributed by atoms with van der Waals surface area (Å²) in [6.07, 6.45) is -0.788. The molecule has 1 aliphatic heterocycles. The maximum atomic E-state index is 11.9. The van der Waals surface area contributed by atoms with Crippen molar-refractivity contribution in [3.63, 3.8) is 0 Å². The van der Waals surface area contributed by atoms with Crippen LogP contribution in [0.3, 0.4) is 0 Å². The van der Waals surface area contributed by atoms with Crippen molar-refractivity contribution in [1.29, 1.82) is 0 Å². The molecule has 4 atom stereocenters. The van der Waals surface area contributed by atoms with Crippen molar-refractivity contribution in [1.82, 2.24) is 15.7 Å². The Morgan fingerprint density at radius 3 is 2.75 bits per heavy atom. The van der Waals surface area contributed by atoms with Crippen LogP contribution in [0.4, 0.5) is 0 Å². The van der Waals surface area contributed by atoms with Gasteiger partial charge in [-0.1, -0.05) is 5.11 Å². The lowest BCUT2D eigenvalue weighted by atomic mass is 10.1. The number of nitrogens with zero attached hydrogens (tertiary/aromatic N) is 4. The van der Waals surface area contributed by atoms with Gasteiger partial charge in [-0.3, -0.25) is 18.9 Å². The molecule has 0 spiro atoms. The number of hydrogen-bond donors (Lipinski definition) is 5. The highest BCUT2D eigenvalue weighted by Crippen LogP contribution is 2.42. The lowest BCUT2D eigenvalue weighted by Crippen LogP contribution is -2.34. The zero-order chi connectivity index (χ0) is 20.4. The van der Waals surface area contributed by atoms with Crippen LogP contribution >= 0.6 is 7.60 Å². The third-order valence-electron chi connectivity index (χ3n) is 3.80. The number of aromatic nitrogens is 2. The van der Waals surface area contributed by atoms with Gasteiger partial charge in [0.25, 0.3) is 11.4 Å². The number of carboxylic acid groups (broad SMARTS) is 1. The van der Waals surface area contributed by atoms with Crippen molar-refractivity contribution in [2.45, 2.75) is 37.6 Å². The highest BCUT2D eigenvalue weighted by Gasteiger charge is 2.41. The van der Waals surface area contributed by atoms with E-state index in [1.165, 1.54) is 13.1 Å². The first kappa shape index (κ1) is 23.5. The number of aliphatic carboxylic acids is 1. The van der Waals surface area contributed by atoms with Gasteiger partial charge in [0.05, 0.1) is 18.8 Å². The van der Waals surface area contributed by atoms with Gasteiger partial charge in [0.15, 0.2) is 0 Å². The first-order valence-electron chi connectivity index (χ1n) is 7.46. The van der Waals surface area contributed by atoms with Crippen LogP contribution in [0, 0.1) is 6.92 Å². The summed E-state index contributed by atoms with van der Waals surface area (Å²) in [4.78, 5) is 57.1. The number of aryl methyl sites for hydroxylation is 1. The van der Waals surface area contributed by atoms with E-state index >= 15 is 0 Å². The van der Waals surface area contributed by atoms with E-state index in [0.717, 1.165) is 4.57 Å². The van der Waals surface area contributed by atoms with Gasteiger partial charge < -0.3 is 30.5 Å². The van der Waals surface area contributed by atoms with Crippen LogP contribution in [-0.2, 0) is 18.8 Å².